The van der Waals surface area contributed by atoms with Gasteiger partial charge in [-0.3, -0.25) is 0 Å². The van der Waals surface area contributed by atoms with Gasteiger partial charge in [-0.15, -0.1) is 16.9 Å². The van der Waals surface area contributed by atoms with E-state index in [1.807, 2.05) is 36.4 Å². The highest BCUT2D eigenvalue weighted by Crippen LogP contribution is 2.23. The Morgan fingerprint density at radius 3 is 2.55 bits per heavy atom. The molecule has 1 aromatic carbocycles. The largest absolute Gasteiger partial charge is 0.377 e. The molecule has 0 unspecified atom stereocenters. The minimum Gasteiger partial charge on any atom is -0.377 e. The van der Waals surface area contributed by atoms with Gasteiger partial charge in [-0.2, -0.15) is 5.10 Å². The lowest BCUT2D eigenvalue weighted by Crippen LogP contribution is -2.40. The van der Waals surface area contributed by atoms with Crippen LogP contribution in [0, 0.1) is 0 Å². The third kappa shape index (κ3) is 3.62. The number of halogens is 1. The summed E-state index contributed by atoms with van der Waals surface area (Å²) in [6.45, 7) is 1.49. The first kappa shape index (κ1) is 13.7. The second kappa shape index (κ2) is 6.43. The number of hydrogen-bond acceptors (Lipinski definition) is 5. The maximum absolute atomic E-state index is 5.86. The van der Waals surface area contributed by atoms with Crippen molar-refractivity contribution in [2.75, 3.05) is 18.5 Å². The van der Waals surface area contributed by atoms with E-state index >= 15 is 0 Å². The number of benzene rings is 1. The molecule has 0 atom stereocenters. The molecule has 3 rings (SSSR count). The Morgan fingerprint density at radius 1 is 1.15 bits per heavy atom. The zero-order valence-electron chi connectivity index (χ0n) is 10.8. The lowest BCUT2D eigenvalue weighted by molar-refractivity contribution is 0.0209. The van der Waals surface area contributed by atoms with E-state index in [0.29, 0.717) is 6.04 Å². The van der Waals surface area contributed by atoms with Crippen molar-refractivity contribution in [3.63, 3.8) is 0 Å². The normalized spacial score (nSPS) is 14.8. The molecule has 6 heteroatoms. The SMILES string of the molecule is Clc1ccc(SCc2ccc(NC3COC3)nn2)cc1. The fourth-order valence-corrected chi connectivity index (χ4v) is 2.65. The molecule has 1 aliphatic heterocycles. The van der Waals surface area contributed by atoms with Gasteiger partial charge in [0, 0.05) is 15.7 Å². The van der Waals surface area contributed by atoms with Crippen LogP contribution in [0.4, 0.5) is 5.82 Å². The highest BCUT2D eigenvalue weighted by atomic mass is 35.5. The molecular weight excluding hydrogens is 294 g/mol. The molecule has 1 N–H and O–H groups in total. The first-order valence-electron chi connectivity index (χ1n) is 6.35. The van der Waals surface area contributed by atoms with E-state index in [4.69, 9.17) is 16.3 Å². The average molecular weight is 308 g/mol. The molecule has 0 spiro atoms. The van der Waals surface area contributed by atoms with Crippen LogP contribution in [0.25, 0.3) is 0 Å². The van der Waals surface area contributed by atoms with Crippen LogP contribution >= 0.6 is 23.4 Å². The molecule has 2 heterocycles. The van der Waals surface area contributed by atoms with E-state index in [9.17, 15) is 0 Å². The summed E-state index contributed by atoms with van der Waals surface area (Å²) in [6, 6.07) is 12.1. The van der Waals surface area contributed by atoms with Gasteiger partial charge in [0.25, 0.3) is 0 Å². The van der Waals surface area contributed by atoms with Crippen LogP contribution in [-0.4, -0.2) is 29.5 Å². The number of rotatable bonds is 5. The molecule has 0 bridgehead atoms. The van der Waals surface area contributed by atoms with Gasteiger partial charge in [0.15, 0.2) is 0 Å². The molecule has 1 aliphatic rings. The zero-order valence-corrected chi connectivity index (χ0v) is 12.3. The molecular formula is C14H14ClN3OS. The highest BCUT2D eigenvalue weighted by Gasteiger charge is 2.18. The molecule has 0 aliphatic carbocycles. The third-order valence-electron chi connectivity index (χ3n) is 2.91. The fraction of sp³-hybridized carbons (Fsp3) is 0.286. The molecule has 1 saturated heterocycles. The summed E-state index contributed by atoms with van der Waals surface area (Å²) in [5, 5.41) is 12.4. The maximum Gasteiger partial charge on any atom is 0.149 e. The van der Waals surface area contributed by atoms with Gasteiger partial charge in [0.2, 0.25) is 0 Å². The van der Waals surface area contributed by atoms with Gasteiger partial charge < -0.3 is 10.1 Å². The molecule has 1 aromatic heterocycles. The summed E-state index contributed by atoms with van der Waals surface area (Å²) >= 11 is 7.57. The molecule has 0 radical (unpaired) electrons. The predicted molar refractivity (Wildman–Crippen MR) is 81.3 cm³/mol. The van der Waals surface area contributed by atoms with Crippen LogP contribution in [0.1, 0.15) is 5.69 Å². The number of anilines is 1. The summed E-state index contributed by atoms with van der Waals surface area (Å²) in [6.07, 6.45) is 0. The molecule has 20 heavy (non-hydrogen) atoms. The topological polar surface area (TPSA) is 47.0 Å². The summed E-state index contributed by atoms with van der Waals surface area (Å²) in [5.41, 5.74) is 0.959. The summed E-state index contributed by atoms with van der Waals surface area (Å²) in [4.78, 5) is 1.17. The first-order chi connectivity index (χ1) is 9.79. The second-order valence-electron chi connectivity index (χ2n) is 4.53. The maximum atomic E-state index is 5.86. The zero-order chi connectivity index (χ0) is 13.8. The molecule has 1 fully saturated rings. The summed E-state index contributed by atoms with van der Waals surface area (Å²) in [7, 11) is 0. The average Bonchev–Trinajstić information content (AvgIpc) is 2.44. The Bertz CT molecular complexity index is 558. The van der Waals surface area contributed by atoms with E-state index in [1.54, 1.807) is 11.8 Å². The Labute approximate surface area is 126 Å². The van der Waals surface area contributed by atoms with E-state index < -0.39 is 0 Å². The van der Waals surface area contributed by atoms with E-state index in [2.05, 4.69) is 15.5 Å². The minimum atomic E-state index is 0.374. The number of nitrogens with one attached hydrogen (secondary N) is 1. The Hall–Kier alpha value is -1.30. The van der Waals surface area contributed by atoms with E-state index in [-0.39, 0.29) is 0 Å². The molecule has 4 nitrogen and oxygen atoms in total. The molecule has 2 aromatic rings. The first-order valence-corrected chi connectivity index (χ1v) is 7.71. The number of aromatic nitrogens is 2. The van der Waals surface area contributed by atoms with Gasteiger partial charge >= 0.3 is 0 Å². The molecule has 104 valence electrons. The quantitative estimate of drug-likeness (QED) is 0.859. The van der Waals surface area contributed by atoms with Gasteiger partial charge in [0.1, 0.15) is 5.82 Å². The highest BCUT2D eigenvalue weighted by molar-refractivity contribution is 7.98. The van der Waals surface area contributed by atoms with Gasteiger partial charge in [0.05, 0.1) is 24.9 Å². The lowest BCUT2D eigenvalue weighted by Gasteiger charge is -2.26. The van der Waals surface area contributed by atoms with Crippen LogP contribution in [0.3, 0.4) is 0 Å². The smallest absolute Gasteiger partial charge is 0.149 e. The van der Waals surface area contributed by atoms with Crippen LogP contribution in [0.15, 0.2) is 41.3 Å². The van der Waals surface area contributed by atoms with E-state index in [1.165, 1.54) is 4.90 Å². The lowest BCUT2D eigenvalue weighted by atomic mass is 10.2. The van der Waals surface area contributed by atoms with Crippen molar-refractivity contribution >= 4 is 29.2 Å². The number of nitrogens with zero attached hydrogens (tertiary/aromatic N) is 2. The van der Waals surface area contributed by atoms with Crippen LogP contribution in [0.5, 0.6) is 0 Å². The fourth-order valence-electron chi connectivity index (χ4n) is 1.73. The monoisotopic (exact) mass is 307 g/mol. The van der Waals surface area contributed by atoms with Crippen molar-refractivity contribution < 1.29 is 4.74 Å². The third-order valence-corrected chi connectivity index (χ3v) is 4.21. The van der Waals surface area contributed by atoms with E-state index in [0.717, 1.165) is 35.5 Å². The van der Waals surface area contributed by atoms with Crippen molar-refractivity contribution in [1.29, 1.82) is 0 Å². The van der Waals surface area contributed by atoms with Crippen LogP contribution < -0.4 is 5.32 Å². The molecule has 0 saturated carbocycles. The number of ether oxygens (including phenoxy) is 1. The van der Waals surface area contributed by atoms with Crippen molar-refractivity contribution in [1.82, 2.24) is 10.2 Å². The Kier molecular flexibility index (Phi) is 4.40. The van der Waals surface area contributed by atoms with Crippen molar-refractivity contribution in [3.8, 4) is 0 Å². The van der Waals surface area contributed by atoms with Crippen molar-refractivity contribution in [2.45, 2.75) is 16.7 Å². The second-order valence-corrected chi connectivity index (χ2v) is 6.02. The van der Waals surface area contributed by atoms with Crippen LogP contribution in [-0.2, 0) is 10.5 Å². The van der Waals surface area contributed by atoms with Crippen molar-refractivity contribution in [2.24, 2.45) is 0 Å². The van der Waals surface area contributed by atoms with Gasteiger partial charge in [-0.05, 0) is 36.4 Å². The van der Waals surface area contributed by atoms with Crippen molar-refractivity contribution in [3.05, 3.63) is 47.1 Å². The van der Waals surface area contributed by atoms with Crippen LogP contribution in [0.2, 0.25) is 5.02 Å². The summed E-state index contributed by atoms with van der Waals surface area (Å²) < 4.78 is 5.10. The number of thioether (sulfide) groups is 1. The number of hydrogen-bond donors (Lipinski definition) is 1. The summed E-state index contributed by atoms with van der Waals surface area (Å²) in [5.74, 6) is 1.60. The standard InChI is InChI=1S/C14H14ClN3OS/c15-10-1-4-13(5-2-10)20-9-11-3-6-14(18-17-11)16-12-7-19-8-12/h1-6,12H,7-9H2,(H,16,18). The Balaban J connectivity index is 1.53. The predicted octanol–water partition coefficient (Wildman–Crippen LogP) is 3.23. The Morgan fingerprint density at radius 2 is 1.95 bits per heavy atom. The minimum absolute atomic E-state index is 0.374. The molecule has 0 amide bonds. The van der Waals surface area contributed by atoms with Gasteiger partial charge in [-0.25, -0.2) is 0 Å². The van der Waals surface area contributed by atoms with Gasteiger partial charge in [-0.1, -0.05) is 11.6 Å².